The highest BCUT2D eigenvalue weighted by Crippen LogP contribution is 2.71. The molecule has 1 aliphatic heterocycles. The summed E-state index contributed by atoms with van der Waals surface area (Å²) in [5.74, 6) is 0.548. The number of aliphatic hydroxyl groups excluding tert-OH is 1. The number of fused-ring (bicyclic) bond motifs is 1. The van der Waals surface area contributed by atoms with Crippen LogP contribution in [0.1, 0.15) is 51.2 Å². The van der Waals surface area contributed by atoms with Crippen molar-refractivity contribution in [1.29, 1.82) is 0 Å². The number of rotatable bonds is 7. The van der Waals surface area contributed by atoms with E-state index in [2.05, 4.69) is 19.2 Å². The van der Waals surface area contributed by atoms with Gasteiger partial charge in [0.1, 0.15) is 0 Å². The minimum atomic E-state index is -2.97. The van der Waals surface area contributed by atoms with Crippen LogP contribution in [0.3, 0.4) is 0 Å². The van der Waals surface area contributed by atoms with Gasteiger partial charge in [-0.05, 0) is 48.0 Å². The largest absolute Gasteiger partial charge is 0.493 e. The summed E-state index contributed by atoms with van der Waals surface area (Å²) in [7, 11) is 1.42. The molecule has 2 N–H and O–H groups in total. The Morgan fingerprint density at radius 2 is 2.16 bits per heavy atom. The second-order valence-electron chi connectivity index (χ2n) is 9.57. The fourth-order valence-corrected chi connectivity index (χ4v) is 6.56. The zero-order valence-corrected chi connectivity index (χ0v) is 18.2. The molecule has 8 heteroatoms. The number of amides is 1. The van der Waals surface area contributed by atoms with Gasteiger partial charge < -0.3 is 24.6 Å². The number of ether oxygens (including phenoxy) is 3. The second-order valence-corrected chi connectivity index (χ2v) is 9.57. The maximum absolute atomic E-state index is 13.2. The predicted octanol–water partition coefficient (Wildman–Crippen LogP) is 3.68. The summed E-state index contributed by atoms with van der Waals surface area (Å²) in [5.41, 5.74) is 0.280. The van der Waals surface area contributed by atoms with Gasteiger partial charge in [0.15, 0.2) is 11.5 Å². The highest BCUT2D eigenvalue weighted by molar-refractivity contribution is 5.76. The fourth-order valence-electron chi connectivity index (χ4n) is 6.56. The number of benzene rings is 1. The van der Waals surface area contributed by atoms with Crippen molar-refractivity contribution in [2.75, 3.05) is 20.3 Å². The van der Waals surface area contributed by atoms with Crippen molar-refractivity contribution in [2.24, 2.45) is 22.7 Å². The molecule has 1 amide bonds. The van der Waals surface area contributed by atoms with E-state index in [4.69, 9.17) is 14.2 Å². The summed E-state index contributed by atoms with van der Waals surface area (Å²) in [5, 5.41) is 12.4. The highest BCUT2D eigenvalue weighted by Gasteiger charge is 2.68. The summed E-state index contributed by atoms with van der Waals surface area (Å²) in [6.07, 6.45) is 2.31. The van der Waals surface area contributed by atoms with Gasteiger partial charge in [-0.1, -0.05) is 26.0 Å². The van der Waals surface area contributed by atoms with Crippen molar-refractivity contribution in [3.8, 4) is 11.5 Å². The molecule has 2 aliphatic carbocycles. The summed E-state index contributed by atoms with van der Waals surface area (Å²) in [4.78, 5) is 12.4. The van der Waals surface area contributed by atoms with Gasteiger partial charge in [-0.15, -0.1) is 0 Å². The molecule has 2 bridgehead atoms. The number of alkyl halides is 2. The Labute approximate surface area is 181 Å². The van der Waals surface area contributed by atoms with Crippen molar-refractivity contribution in [3.05, 3.63) is 23.8 Å². The summed E-state index contributed by atoms with van der Waals surface area (Å²) in [6.45, 7) is 1.68. The fraction of sp³-hybridized carbons (Fsp3) is 0.696. The number of aliphatic hydroxyl groups is 1. The number of methoxy groups -OCH3 is 1. The molecule has 0 aromatic heterocycles. The predicted molar refractivity (Wildman–Crippen MR) is 109 cm³/mol. The lowest BCUT2D eigenvalue weighted by Crippen LogP contribution is -2.59. The van der Waals surface area contributed by atoms with Gasteiger partial charge in [0.25, 0.3) is 0 Å². The van der Waals surface area contributed by atoms with Crippen LogP contribution < -0.4 is 14.8 Å². The normalized spacial score (nSPS) is 33.3. The molecule has 4 rings (SSSR count). The monoisotopic (exact) mass is 439 g/mol. The van der Waals surface area contributed by atoms with Crippen LogP contribution in [-0.4, -0.2) is 44.0 Å². The number of carbonyl (C=O) groups excluding carboxylic acids is 1. The Balaban J connectivity index is 1.71. The van der Waals surface area contributed by atoms with E-state index in [-0.39, 0.29) is 53.2 Å². The third-order valence-corrected chi connectivity index (χ3v) is 7.89. The molecule has 3 aliphatic rings. The summed E-state index contributed by atoms with van der Waals surface area (Å²) in [6, 6.07) is 5.05. The second kappa shape index (κ2) is 8.20. The maximum atomic E-state index is 13.2. The van der Waals surface area contributed by atoms with Crippen LogP contribution in [0.25, 0.3) is 0 Å². The van der Waals surface area contributed by atoms with Crippen LogP contribution in [0.5, 0.6) is 11.5 Å². The topological polar surface area (TPSA) is 77.0 Å². The zero-order valence-electron chi connectivity index (χ0n) is 18.2. The molecule has 1 spiro atoms. The van der Waals surface area contributed by atoms with Crippen molar-refractivity contribution < 1.29 is 32.9 Å². The van der Waals surface area contributed by atoms with E-state index in [0.29, 0.717) is 18.1 Å². The van der Waals surface area contributed by atoms with E-state index in [1.165, 1.54) is 7.11 Å². The van der Waals surface area contributed by atoms with Crippen LogP contribution in [0.15, 0.2) is 18.2 Å². The smallest absolute Gasteiger partial charge is 0.387 e. The van der Waals surface area contributed by atoms with Gasteiger partial charge in [-0.2, -0.15) is 8.78 Å². The van der Waals surface area contributed by atoms with Crippen LogP contribution in [0.2, 0.25) is 0 Å². The van der Waals surface area contributed by atoms with Gasteiger partial charge in [-0.25, -0.2) is 0 Å². The molecule has 172 valence electrons. The third-order valence-electron chi connectivity index (χ3n) is 7.89. The molecule has 1 heterocycles. The molecule has 5 atom stereocenters. The first-order valence-electron chi connectivity index (χ1n) is 10.9. The quantitative estimate of drug-likeness (QED) is 0.678. The SMILES string of the molecule is COc1cccc([C@H]2OCCC34C[C@@H](C[C@H]23)C(C)(C)[C@@H]4NC(=O)CCO)c1OC(F)F. The van der Waals surface area contributed by atoms with Gasteiger partial charge in [0.2, 0.25) is 5.91 Å². The minimum Gasteiger partial charge on any atom is -0.493 e. The van der Waals surface area contributed by atoms with Gasteiger partial charge in [-0.3, -0.25) is 4.79 Å². The molecule has 1 aromatic carbocycles. The lowest BCUT2D eigenvalue weighted by atomic mass is 9.58. The lowest BCUT2D eigenvalue weighted by molar-refractivity contribution is -0.138. The summed E-state index contributed by atoms with van der Waals surface area (Å²) >= 11 is 0. The van der Waals surface area contributed by atoms with Crippen LogP contribution in [0.4, 0.5) is 8.78 Å². The van der Waals surface area contributed by atoms with E-state index in [1.807, 2.05) is 0 Å². The Hall–Kier alpha value is -1.93. The van der Waals surface area contributed by atoms with Crippen LogP contribution in [-0.2, 0) is 9.53 Å². The number of nitrogens with one attached hydrogen (secondary N) is 1. The highest BCUT2D eigenvalue weighted by atomic mass is 19.3. The first-order chi connectivity index (χ1) is 14.7. The number of para-hydroxylation sites is 1. The van der Waals surface area contributed by atoms with Crippen molar-refractivity contribution in [2.45, 2.75) is 58.3 Å². The molecule has 3 fully saturated rings. The summed E-state index contributed by atoms with van der Waals surface area (Å²) < 4.78 is 42.7. The van der Waals surface area contributed by atoms with Gasteiger partial charge in [0, 0.05) is 24.6 Å². The average Bonchev–Trinajstić information content (AvgIpc) is 3.20. The Morgan fingerprint density at radius 3 is 2.84 bits per heavy atom. The maximum Gasteiger partial charge on any atom is 0.387 e. The Morgan fingerprint density at radius 1 is 1.39 bits per heavy atom. The molecular weight excluding hydrogens is 408 g/mol. The zero-order chi connectivity index (χ0) is 22.4. The molecule has 6 nitrogen and oxygen atoms in total. The Bertz CT molecular complexity index is 832. The number of hydrogen-bond donors (Lipinski definition) is 2. The molecule has 2 saturated carbocycles. The van der Waals surface area contributed by atoms with E-state index in [0.717, 1.165) is 19.3 Å². The van der Waals surface area contributed by atoms with E-state index >= 15 is 0 Å². The average molecular weight is 439 g/mol. The Kier molecular flexibility index (Phi) is 5.89. The minimum absolute atomic E-state index is 0.0185. The van der Waals surface area contributed by atoms with E-state index in [1.54, 1.807) is 18.2 Å². The number of halogens is 2. The molecule has 1 aromatic rings. The molecule has 1 unspecified atom stereocenters. The standard InChI is InChI=1S/C23H31F2NO5/c1-22(2)13-11-15-18(14-5-4-6-16(29-3)19(14)31-21(24)25)30-10-8-23(15,12-13)20(22)26-17(28)7-9-27/h4-6,13,15,18,20-21,27H,7-12H2,1-3H3,(H,26,28)/t13-,15-,18-,20+,23?/m1/s1. The molecule has 31 heavy (non-hydrogen) atoms. The number of carbonyl (C=O) groups is 1. The first kappa shape index (κ1) is 22.3. The molecule has 0 radical (unpaired) electrons. The number of hydrogen-bond acceptors (Lipinski definition) is 5. The first-order valence-corrected chi connectivity index (χ1v) is 10.9. The van der Waals surface area contributed by atoms with E-state index < -0.39 is 12.7 Å². The van der Waals surface area contributed by atoms with E-state index in [9.17, 15) is 18.7 Å². The molecular formula is C23H31F2NO5. The van der Waals surface area contributed by atoms with Crippen LogP contribution >= 0.6 is 0 Å². The van der Waals surface area contributed by atoms with Gasteiger partial charge in [0.05, 0.1) is 19.8 Å². The lowest BCUT2D eigenvalue weighted by Gasteiger charge is -2.53. The van der Waals surface area contributed by atoms with Crippen molar-refractivity contribution in [3.63, 3.8) is 0 Å². The molecule has 1 saturated heterocycles. The van der Waals surface area contributed by atoms with Crippen molar-refractivity contribution in [1.82, 2.24) is 5.32 Å². The van der Waals surface area contributed by atoms with Crippen LogP contribution in [0, 0.1) is 22.7 Å². The van der Waals surface area contributed by atoms with Crippen molar-refractivity contribution >= 4 is 5.91 Å². The van der Waals surface area contributed by atoms with Gasteiger partial charge >= 0.3 is 6.61 Å². The third kappa shape index (κ3) is 3.57.